The molecule has 112 valence electrons. The predicted molar refractivity (Wildman–Crippen MR) is 75.2 cm³/mol. The number of alkyl halides is 3. The van der Waals surface area contributed by atoms with Crippen LogP contribution in [-0.4, -0.2) is 12.5 Å². The Hall–Kier alpha value is -1.08. The number of hydrogen-bond donors (Lipinski definition) is 2. The van der Waals surface area contributed by atoms with Crippen LogP contribution in [0.3, 0.4) is 0 Å². The van der Waals surface area contributed by atoms with Gasteiger partial charge in [-0.25, -0.2) is 0 Å². The molecule has 0 saturated carbocycles. The minimum Gasteiger partial charge on any atom is -0.330 e. The highest BCUT2D eigenvalue weighted by molar-refractivity contribution is 9.10. The molecule has 0 aliphatic heterocycles. The first-order valence-electron chi connectivity index (χ1n) is 6.16. The van der Waals surface area contributed by atoms with E-state index in [-0.39, 0.29) is 22.6 Å². The second-order valence-corrected chi connectivity index (χ2v) is 5.35. The molecule has 0 heterocycles. The lowest BCUT2D eigenvalue weighted by atomic mass is 10.0. The van der Waals surface area contributed by atoms with Gasteiger partial charge in [0.25, 0.3) is 0 Å². The van der Waals surface area contributed by atoms with Gasteiger partial charge >= 0.3 is 6.18 Å². The first kappa shape index (κ1) is 17.0. The van der Waals surface area contributed by atoms with Gasteiger partial charge in [0.1, 0.15) is 0 Å². The Bertz CT molecular complexity index is 477. The van der Waals surface area contributed by atoms with Crippen LogP contribution < -0.4 is 11.1 Å². The van der Waals surface area contributed by atoms with E-state index in [4.69, 9.17) is 5.73 Å². The summed E-state index contributed by atoms with van der Waals surface area (Å²) in [6, 6.07) is 3.29. The largest absolute Gasteiger partial charge is 0.416 e. The lowest BCUT2D eigenvalue weighted by Gasteiger charge is -2.15. The Morgan fingerprint density at radius 3 is 2.55 bits per heavy atom. The van der Waals surface area contributed by atoms with Crippen molar-refractivity contribution in [2.24, 2.45) is 11.7 Å². The molecular weight excluding hydrogens is 337 g/mol. The summed E-state index contributed by atoms with van der Waals surface area (Å²) < 4.78 is 38.3. The van der Waals surface area contributed by atoms with Crippen molar-refractivity contribution in [3.8, 4) is 0 Å². The summed E-state index contributed by atoms with van der Waals surface area (Å²) in [7, 11) is 0. The van der Waals surface area contributed by atoms with Crippen LogP contribution in [0.2, 0.25) is 0 Å². The minimum atomic E-state index is -4.46. The highest BCUT2D eigenvalue weighted by Gasteiger charge is 2.31. The fourth-order valence-corrected chi connectivity index (χ4v) is 2.27. The maximum atomic E-state index is 12.7. The van der Waals surface area contributed by atoms with Crippen molar-refractivity contribution < 1.29 is 18.0 Å². The summed E-state index contributed by atoms with van der Waals surface area (Å²) in [4.78, 5) is 11.9. The molecule has 1 aromatic rings. The van der Waals surface area contributed by atoms with Gasteiger partial charge in [0.05, 0.1) is 11.5 Å². The van der Waals surface area contributed by atoms with E-state index < -0.39 is 17.7 Å². The Labute approximate surface area is 123 Å². The van der Waals surface area contributed by atoms with Crippen molar-refractivity contribution in [3.05, 3.63) is 28.2 Å². The zero-order valence-corrected chi connectivity index (χ0v) is 12.5. The third-order valence-corrected chi connectivity index (χ3v) is 3.24. The smallest absolute Gasteiger partial charge is 0.330 e. The third-order valence-electron chi connectivity index (χ3n) is 2.79. The summed E-state index contributed by atoms with van der Waals surface area (Å²) >= 11 is 3.00. The topological polar surface area (TPSA) is 55.1 Å². The molecule has 1 amide bonds. The third kappa shape index (κ3) is 4.79. The lowest BCUT2D eigenvalue weighted by Crippen LogP contribution is -2.29. The van der Waals surface area contributed by atoms with E-state index in [9.17, 15) is 18.0 Å². The Morgan fingerprint density at radius 2 is 2.05 bits per heavy atom. The quantitative estimate of drug-likeness (QED) is 0.847. The minimum absolute atomic E-state index is 0.103. The molecule has 3 N–H and O–H groups in total. The normalized spacial score (nSPS) is 13.1. The van der Waals surface area contributed by atoms with Crippen molar-refractivity contribution in [2.45, 2.75) is 25.9 Å². The molecule has 0 fully saturated rings. The molecular formula is C13H16BrF3N2O. The molecule has 1 atom stereocenters. The number of hydrogen-bond acceptors (Lipinski definition) is 2. The van der Waals surface area contributed by atoms with Crippen molar-refractivity contribution in [1.29, 1.82) is 0 Å². The van der Waals surface area contributed by atoms with Gasteiger partial charge in [-0.3, -0.25) is 4.79 Å². The maximum absolute atomic E-state index is 12.7. The van der Waals surface area contributed by atoms with Crippen LogP contribution in [0, 0.1) is 5.92 Å². The molecule has 1 rings (SSSR count). The monoisotopic (exact) mass is 352 g/mol. The maximum Gasteiger partial charge on any atom is 0.416 e. The molecule has 1 aromatic carbocycles. The van der Waals surface area contributed by atoms with Gasteiger partial charge in [-0.2, -0.15) is 13.2 Å². The number of carbonyl (C=O) groups is 1. The fourth-order valence-electron chi connectivity index (χ4n) is 1.77. The number of amides is 1. The Morgan fingerprint density at radius 1 is 1.40 bits per heavy atom. The van der Waals surface area contributed by atoms with Gasteiger partial charge < -0.3 is 11.1 Å². The van der Waals surface area contributed by atoms with Gasteiger partial charge in [-0.05, 0) is 24.6 Å². The van der Waals surface area contributed by atoms with E-state index in [1.807, 2.05) is 6.92 Å². The molecule has 0 radical (unpaired) electrons. The second kappa shape index (κ2) is 7.08. The van der Waals surface area contributed by atoms with E-state index in [1.54, 1.807) is 0 Å². The Balaban J connectivity index is 2.92. The number of nitrogens with two attached hydrogens (primary N) is 1. The van der Waals surface area contributed by atoms with Crippen molar-refractivity contribution in [1.82, 2.24) is 0 Å². The van der Waals surface area contributed by atoms with E-state index in [2.05, 4.69) is 21.2 Å². The number of benzene rings is 1. The number of carbonyl (C=O) groups excluding carboxylic acids is 1. The Kier molecular flexibility index (Phi) is 6.01. The molecule has 20 heavy (non-hydrogen) atoms. The number of halogens is 4. The van der Waals surface area contributed by atoms with E-state index >= 15 is 0 Å². The zero-order chi connectivity index (χ0) is 15.3. The summed E-state index contributed by atoms with van der Waals surface area (Å²) in [5, 5.41) is 2.48. The molecule has 3 nitrogen and oxygen atoms in total. The van der Waals surface area contributed by atoms with Crippen LogP contribution in [0.25, 0.3) is 0 Å². The van der Waals surface area contributed by atoms with E-state index in [0.717, 1.165) is 18.6 Å². The fraction of sp³-hybridized carbons (Fsp3) is 0.462. The van der Waals surface area contributed by atoms with Crippen molar-refractivity contribution in [2.75, 3.05) is 11.9 Å². The molecule has 0 bridgehead atoms. The number of anilines is 1. The van der Waals surface area contributed by atoms with E-state index in [0.29, 0.717) is 6.42 Å². The molecule has 0 saturated heterocycles. The highest BCUT2D eigenvalue weighted by atomic mass is 79.9. The average molecular weight is 353 g/mol. The molecule has 0 aliphatic carbocycles. The summed E-state index contributed by atoms with van der Waals surface area (Å²) in [6.07, 6.45) is -3.08. The van der Waals surface area contributed by atoms with Gasteiger partial charge in [-0.15, -0.1) is 0 Å². The molecule has 0 spiro atoms. The van der Waals surface area contributed by atoms with Crippen LogP contribution in [0.1, 0.15) is 25.3 Å². The molecule has 0 aliphatic rings. The lowest BCUT2D eigenvalue weighted by molar-refractivity contribution is -0.137. The van der Waals surface area contributed by atoms with Gasteiger partial charge in [0.2, 0.25) is 5.91 Å². The summed E-state index contributed by atoms with van der Waals surface area (Å²) in [6.45, 7) is 2.08. The van der Waals surface area contributed by atoms with Gasteiger partial charge in [-0.1, -0.05) is 29.3 Å². The first-order valence-corrected chi connectivity index (χ1v) is 6.96. The highest BCUT2D eigenvalue weighted by Crippen LogP contribution is 2.33. The zero-order valence-electron chi connectivity index (χ0n) is 10.9. The molecule has 0 aromatic heterocycles. The summed E-state index contributed by atoms with van der Waals surface area (Å²) in [5.41, 5.74) is 4.78. The number of nitrogens with one attached hydrogen (secondary N) is 1. The van der Waals surface area contributed by atoms with Crippen LogP contribution in [0.4, 0.5) is 18.9 Å². The number of rotatable bonds is 5. The van der Waals surface area contributed by atoms with Crippen LogP contribution in [0.5, 0.6) is 0 Å². The molecule has 7 heteroatoms. The SMILES string of the molecule is CCCC(CN)C(=O)Nc1cc(Br)cc(C(F)(F)F)c1. The second-order valence-electron chi connectivity index (χ2n) is 4.44. The van der Waals surface area contributed by atoms with Crippen LogP contribution in [0.15, 0.2) is 22.7 Å². The van der Waals surface area contributed by atoms with E-state index in [1.165, 1.54) is 6.07 Å². The van der Waals surface area contributed by atoms with Gasteiger partial charge in [0, 0.05) is 16.7 Å². The summed E-state index contributed by atoms with van der Waals surface area (Å²) in [5.74, 6) is -0.756. The average Bonchev–Trinajstić information content (AvgIpc) is 2.33. The first-order chi connectivity index (χ1) is 9.27. The van der Waals surface area contributed by atoms with Crippen LogP contribution in [-0.2, 0) is 11.0 Å². The van der Waals surface area contributed by atoms with Crippen molar-refractivity contribution in [3.63, 3.8) is 0 Å². The van der Waals surface area contributed by atoms with Gasteiger partial charge in [0.15, 0.2) is 0 Å². The predicted octanol–water partition coefficient (Wildman–Crippen LogP) is 3.78. The van der Waals surface area contributed by atoms with Crippen LogP contribution >= 0.6 is 15.9 Å². The molecule has 1 unspecified atom stereocenters. The standard InChI is InChI=1S/C13H16BrF3N2O/c1-2-3-8(7-18)12(20)19-11-5-9(13(15,16)17)4-10(14)6-11/h4-6,8H,2-3,7,18H2,1H3,(H,19,20). The van der Waals surface area contributed by atoms with Crippen molar-refractivity contribution >= 4 is 27.5 Å².